The largest absolute Gasteiger partial charge is 0.401 e. The Morgan fingerprint density at radius 3 is 2.67 bits per heavy atom. The minimum Gasteiger partial charge on any atom is -0.314 e. The average Bonchev–Trinajstić information content (AvgIpc) is 2.13. The summed E-state index contributed by atoms with van der Waals surface area (Å²) in [5.74, 6) is 0. The first kappa shape index (κ1) is 11.8. The van der Waals surface area contributed by atoms with Gasteiger partial charge in [0.2, 0.25) is 0 Å². The van der Waals surface area contributed by atoms with Gasteiger partial charge >= 0.3 is 6.18 Å². The summed E-state index contributed by atoms with van der Waals surface area (Å²) in [6, 6.07) is 4.61. The minimum atomic E-state index is -4.21. The van der Waals surface area contributed by atoms with Crippen molar-refractivity contribution < 1.29 is 13.2 Å². The van der Waals surface area contributed by atoms with Gasteiger partial charge in [-0.25, -0.2) is 0 Å². The molecule has 0 radical (unpaired) electrons. The number of rotatable bonds is 4. The maximum absolute atomic E-state index is 11.7. The Hall–Kier alpha value is -1.30. The van der Waals surface area contributed by atoms with E-state index >= 15 is 0 Å². The van der Waals surface area contributed by atoms with Crippen molar-refractivity contribution in [2.75, 3.05) is 13.1 Å². The molecule has 0 spiro atoms. The van der Waals surface area contributed by atoms with Gasteiger partial charge in [-0.1, -0.05) is 6.07 Å². The Bertz CT molecular complexity index is 359. The number of alkyl halides is 3. The van der Waals surface area contributed by atoms with Crippen molar-refractivity contribution in [1.29, 1.82) is 0 Å². The second-order valence-corrected chi connectivity index (χ2v) is 3.02. The first-order valence-electron chi connectivity index (χ1n) is 4.42. The molecule has 0 saturated heterocycles. The number of hydrogen-bond donors (Lipinski definition) is 1. The number of hydrogen-bond acceptors (Lipinski definition) is 2. The van der Waals surface area contributed by atoms with Crippen molar-refractivity contribution in [2.24, 2.45) is 0 Å². The van der Waals surface area contributed by atoms with Gasteiger partial charge in [-0.2, -0.15) is 13.2 Å². The molecule has 0 fully saturated rings. The lowest BCUT2D eigenvalue weighted by atomic mass is 10.4. The van der Waals surface area contributed by atoms with Gasteiger partial charge in [-0.05, 0) is 6.07 Å². The van der Waals surface area contributed by atoms with Crippen LogP contribution < -0.4 is 10.9 Å². The highest BCUT2D eigenvalue weighted by Gasteiger charge is 2.25. The number of nitrogens with zero attached hydrogens (tertiary/aromatic N) is 1. The summed E-state index contributed by atoms with van der Waals surface area (Å²) in [5.41, 5.74) is -0.216. The zero-order valence-electron chi connectivity index (χ0n) is 7.92. The molecular formula is C9H11F3N2O. The van der Waals surface area contributed by atoms with Crippen LogP contribution in [0.1, 0.15) is 0 Å². The third-order valence-electron chi connectivity index (χ3n) is 1.75. The summed E-state index contributed by atoms with van der Waals surface area (Å²) in [4.78, 5) is 11.1. The summed E-state index contributed by atoms with van der Waals surface area (Å²) >= 11 is 0. The molecule has 1 N–H and O–H groups in total. The van der Waals surface area contributed by atoms with Crippen LogP contribution in [0.15, 0.2) is 29.2 Å². The Balaban J connectivity index is 2.33. The topological polar surface area (TPSA) is 34.0 Å². The zero-order valence-corrected chi connectivity index (χ0v) is 7.92. The quantitative estimate of drug-likeness (QED) is 0.768. The molecule has 3 nitrogen and oxygen atoms in total. The van der Waals surface area contributed by atoms with Crippen LogP contribution in [0.3, 0.4) is 0 Å². The van der Waals surface area contributed by atoms with Crippen LogP contribution in [-0.4, -0.2) is 23.8 Å². The number of aromatic nitrogens is 1. The van der Waals surface area contributed by atoms with Gasteiger partial charge in [0.15, 0.2) is 0 Å². The molecule has 0 saturated carbocycles. The van der Waals surface area contributed by atoms with E-state index in [1.54, 1.807) is 12.1 Å². The molecule has 0 atom stereocenters. The third kappa shape index (κ3) is 4.64. The highest BCUT2D eigenvalue weighted by Crippen LogP contribution is 2.11. The lowest BCUT2D eigenvalue weighted by Gasteiger charge is -2.08. The summed E-state index contributed by atoms with van der Waals surface area (Å²) < 4.78 is 36.5. The standard InChI is InChI=1S/C9H11F3N2O/c10-9(11,12)7-13-4-6-14-5-2-1-3-8(14)15/h1-3,5,13H,4,6-7H2. The van der Waals surface area contributed by atoms with Crippen molar-refractivity contribution in [3.63, 3.8) is 0 Å². The van der Waals surface area contributed by atoms with Crippen molar-refractivity contribution in [3.8, 4) is 0 Å². The molecule has 6 heteroatoms. The molecule has 0 amide bonds. The van der Waals surface area contributed by atoms with E-state index in [0.717, 1.165) is 0 Å². The molecule has 0 aliphatic rings. The van der Waals surface area contributed by atoms with E-state index in [1.165, 1.54) is 16.8 Å². The van der Waals surface area contributed by atoms with Crippen LogP contribution in [0.4, 0.5) is 13.2 Å². The molecular weight excluding hydrogens is 209 g/mol. The van der Waals surface area contributed by atoms with E-state index in [4.69, 9.17) is 0 Å². The molecule has 0 aliphatic heterocycles. The van der Waals surface area contributed by atoms with Crippen LogP contribution in [0.2, 0.25) is 0 Å². The first-order valence-corrected chi connectivity index (χ1v) is 4.42. The third-order valence-corrected chi connectivity index (χ3v) is 1.75. The maximum Gasteiger partial charge on any atom is 0.401 e. The molecule has 0 aromatic carbocycles. The number of pyridine rings is 1. The Kier molecular flexibility index (Phi) is 3.90. The van der Waals surface area contributed by atoms with E-state index < -0.39 is 12.7 Å². The van der Waals surface area contributed by atoms with E-state index in [1.807, 2.05) is 0 Å². The van der Waals surface area contributed by atoms with E-state index in [-0.39, 0.29) is 18.6 Å². The van der Waals surface area contributed by atoms with Crippen molar-refractivity contribution in [2.45, 2.75) is 12.7 Å². The zero-order chi connectivity index (χ0) is 11.3. The van der Waals surface area contributed by atoms with Gasteiger partial charge < -0.3 is 9.88 Å². The number of nitrogens with one attached hydrogen (secondary N) is 1. The fraction of sp³-hybridized carbons (Fsp3) is 0.444. The van der Waals surface area contributed by atoms with Crippen LogP contribution in [0.5, 0.6) is 0 Å². The van der Waals surface area contributed by atoms with Crippen LogP contribution in [0, 0.1) is 0 Å². The normalized spacial score (nSPS) is 11.7. The molecule has 0 unspecified atom stereocenters. The van der Waals surface area contributed by atoms with Gasteiger partial charge in [0.1, 0.15) is 0 Å². The maximum atomic E-state index is 11.7. The average molecular weight is 220 g/mol. The van der Waals surface area contributed by atoms with Gasteiger partial charge in [-0.3, -0.25) is 4.79 Å². The molecule has 84 valence electrons. The van der Waals surface area contributed by atoms with Gasteiger partial charge in [-0.15, -0.1) is 0 Å². The van der Waals surface area contributed by atoms with Crippen LogP contribution >= 0.6 is 0 Å². The number of halogens is 3. The highest BCUT2D eigenvalue weighted by atomic mass is 19.4. The molecule has 0 bridgehead atoms. The van der Waals surface area contributed by atoms with Crippen molar-refractivity contribution >= 4 is 0 Å². The minimum absolute atomic E-state index is 0.115. The monoisotopic (exact) mass is 220 g/mol. The van der Waals surface area contributed by atoms with Crippen LogP contribution in [-0.2, 0) is 6.54 Å². The Labute approximate surface area is 84.5 Å². The molecule has 1 rings (SSSR count). The first-order chi connectivity index (χ1) is 6.99. The summed E-state index contributed by atoms with van der Waals surface area (Å²) in [5, 5.41) is 2.22. The van der Waals surface area contributed by atoms with E-state index in [9.17, 15) is 18.0 Å². The van der Waals surface area contributed by atoms with Crippen LogP contribution in [0.25, 0.3) is 0 Å². The van der Waals surface area contributed by atoms with E-state index in [2.05, 4.69) is 5.32 Å². The lowest BCUT2D eigenvalue weighted by Crippen LogP contribution is -2.32. The molecule has 1 heterocycles. The second-order valence-electron chi connectivity index (χ2n) is 3.02. The predicted molar refractivity (Wildman–Crippen MR) is 49.6 cm³/mol. The summed E-state index contributed by atoms with van der Waals surface area (Å²) in [6.45, 7) is -0.687. The predicted octanol–water partition coefficient (Wildman–Crippen LogP) is 1.00. The van der Waals surface area contributed by atoms with Gasteiger partial charge in [0, 0.05) is 25.4 Å². The fourth-order valence-electron chi connectivity index (χ4n) is 1.08. The Morgan fingerprint density at radius 2 is 2.07 bits per heavy atom. The molecule has 0 aliphatic carbocycles. The second kappa shape index (κ2) is 4.97. The Morgan fingerprint density at radius 1 is 1.33 bits per heavy atom. The molecule has 1 aromatic heterocycles. The van der Waals surface area contributed by atoms with Gasteiger partial charge in [0.05, 0.1) is 6.54 Å². The van der Waals surface area contributed by atoms with E-state index in [0.29, 0.717) is 0 Å². The lowest BCUT2D eigenvalue weighted by molar-refractivity contribution is -0.124. The molecule has 15 heavy (non-hydrogen) atoms. The summed E-state index contributed by atoms with van der Waals surface area (Å²) in [7, 11) is 0. The smallest absolute Gasteiger partial charge is 0.314 e. The fourth-order valence-corrected chi connectivity index (χ4v) is 1.08. The van der Waals surface area contributed by atoms with Crippen molar-refractivity contribution in [1.82, 2.24) is 9.88 Å². The summed E-state index contributed by atoms with van der Waals surface area (Å²) in [6.07, 6.45) is -2.67. The molecule has 1 aromatic rings. The SMILES string of the molecule is O=c1ccccn1CCNCC(F)(F)F. The van der Waals surface area contributed by atoms with Crippen molar-refractivity contribution in [3.05, 3.63) is 34.7 Å². The highest BCUT2D eigenvalue weighted by molar-refractivity contribution is 4.93. The van der Waals surface area contributed by atoms with Gasteiger partial charge in [0.25, 0.3) is 5.56 Å².